The molecule has 1 rings (SSSR count). The second-order valence-corrected chi connectivity index (χ2v) is 4.67. The highest BCUT2D eigenvalue weighted by Crippen LogP contribution is 2.30. The van der Waals surface area contributed by atoms with Crippen LogP contribution in [0.5, 0.6) is 0 Å². The number of alkyl halides is 2. The molecule has 0 atom stereocenters. The Balaban J connectivity index is 3.62. The summed E-state index contributed by atoms with van der Waals surface area (Å²) in [5, 5.41) is 4.23. The molecular weight excluding hydrogens is 250 g/mol. The summed E-state index contributed by atoms with van der Waals surface area (Å²) >= 11 is 5.46. The molecule has 0 aliphatic heterocycles. The molecule has 0 aliphatic rings. The zero-order valence-corrected chi connectivity index (χ0v) is 9.11. The highest BCUT2D eigenvalue weighted by atomic mass is 35.5. The third kappa shape index (κ3) is 2.61. The van der Waals surface area contributed by atoms with E-state index in [9.17, 15) is 17.2 Å². The molecular formula is C7H7ClF2N2O2S. The fourth-order valence-corrected chi connectivity index (χ4v) is 2.41. The molecule has 0 bridgehead atoms. The molecule has 0 saturated carbocycles. The second-order valence-electron chi connectivity index (χ2n) is 2.82. The maximum atomic E-state index is 12.5. The van der Waals surface area contributed by atoms with Gasteiger partial charge in [-0.05, 0) is 13.0 Å². The number of primary sulfonamides is 1. The van der Waals surface area contributed by atoms with E-state index in [1.54, 1.807) is 0 Å². The zero-order valence-electron chi connectivity index (χ0n) is 7.54. The number of pyridine rings is 1. The van der Waals surface area contributed by atoms with Crippen molar-refractivity contribution in [1.29, 1.82) is 0 Å². The molecule has 2 N–H and O–H groups in total. The molecule has 84 valence electrons. The fourth-order valence-electron chi connectivity index (χ4n) is 1.09. The minimum atomic E-state index is -4.30. The third-order valence-electron chi connectivity index (χ3n) is 1.61. The number of nitrogens with two attached hydrogens (primary N) is 1. The summed E-state index contributed by atoms with van der Waals surface area (Å²) in [4.78, 5) is 2.74. The predicted octanol–water partition coefficient (Wildman–Crippen LogP) is 1.63. The van der Waals surface area contributed by atoms with Gasteiger partial charge in [-0.15, -0.1) is 0 Å². The molecule has 8 heteroatoms. The van der Waals surface area contributed by atoms with Crippen molar-refractivity contribution >= 4 is 21.6 Å². The molecule has 0 unspecified atom stereocenters. The van der Waals surface area contributed by atoms with Gasteiger partial charge in [-0.25, -0.2) is 27.3 Å². The molecule has 0 fully saturated rings. The van der Waals surface area contributed by atoms with Gasteiger partial charge in [0.05, 0.1) is 0 Å². The monoisotopic (exact) mass is 256 g/mol. The predicted molar refractivity (Wildman–Crippen MR) is 50.3 cm³/mol. The zero-order chi connectivity index (χ0) is 11.8. The number of rotatable bonds is 2. The van der Waals surface area contributed by atoms with E-state index in [4.69, 9.17) is 16.7 Å². The van der Waals surface area contributed by atoms with Crippen molar-refractivity contribution in [3.05, 3.63) is 22.5 Å². The molecule has 0 saturated heterocycles. The number of halogens is 3. The lowest BCUT2D eigenvalue weighted by Gasteiger charge is -2.09. The SMILES string of the molecule is Cc1cc(C(F)F)c(S(N)(=O)=O)c(Cl)n1. The molecule has 0 radical (unpaired) electrons. The van der Waals surface area contributed by atoms with E-state index in [1.807, 2.05) is 0 Å². The summed E-state index contributed by atoms with van der Waals surface area (Å²) in [7, 11) is -4.30. The van der Waals surface area contributed by atoms with Gasteiger partial charge in [0.1, 0.15) is 10.0 Å². The van der Waals surface area contributed by atoms with Crippen LogP contribution in [0.25, 0.3) is 0 Å². The number of hydrogen-bond acceptors (Lipinski definition) is 3. The molecule has 0 spiro atoms. The number of hydrogen-bond donors (Lipinski definition) is 1. The molecule has 0 aliphatic carbocycles. The largest absolute Gasteiger partial charge is 0.265 e. The third-order valence-corrected chi connectivity index (χ3v) is 2.99. The topological polar surface area (TPSA) is 73.1 Å². The van der Waals surface area contributed by atoms with Gasteiger partial charge in [-0.2, -0.15) is 0 Å². The standard InChI is InChI=1S/C7H7ClF2N2O2S/c1-3-2-4(7(9)10)5(6(8)12-3)15(11,13)14/h2,7H,1H3,(H2,11,13,14). The van der Waals surface area contributed by atoms with Gasteiger partial charge < -0.3 is 0 Å². The summed E-state index contributed by atoms with van der Waals surface area (Å²) in [5.41, 5.74) is -0.530. The minimum Gasteiger partial charge on any atom is -0.240 e. The Kier molecular flexibility index (Phi) is 3.27. The van der Waals surface area contributed by atoms with Gasteiger partial charge in [-0.1, -0.05) is 11.6 Å². The Morgan fingerprint density at radius 2 is 2.07 bits per heavy atom. The van der Waals surface area contributed by atoms with Gasteiger partial charge in [0, 0.05) is 11.3 Å². The van der Waals surface area contributed by atoms with Crippen molar-refractivity contribution in [2.45, 2.75) is 18.2 Å². The van der Waals surface area contributed by atoms with Crippen molar-refractivity contribution in [3.8, 4) is 0 Å². The fraction of sp³-hybridized carbons (Fsp3) is 0.286. The Bertz CT molecular complexity index is 490. The van der Waals surface area contributed by atoms with Gasteiger partial charge in [0.25, 0.3) is 6.43 Å². The first-order valence-corrected chi connectivity index (χ1v) is 5.64. The van der Waals surface area contributed by atoms with E-state index in [1.165, 1.54) is 6.92 Å². The van der Waals surface area contributed by atoms with Crippen molar-refractivity contribution in [2.75, 3.05) is 0 Å². The molecule has 0 amide bonds. The summed E-state index contributed by atoms with van der Waals surface area (Å²) in [5.74, 6) is 0. The van der Waals surface area contributed by atoms with E-state index >= 15 is 0 Å². The van der Waals surface area contributed by atoms with Crippen LogP contribution in [0, 0.1) is 6.92 Å². The number of nitrogens with zero attached hydrogens (tertiary/aromatic N) is 1. The Hall–Kier alpha value is -0.790. The smallest absolute Gasteiger partial charge is 0.240 e. The summed E-state index contributed by atoms with van der Waals surface area (Å²) in [6, 6.07) is 0.941. The number of aromatic nitrogens is 1. The van der Waals surface area contributed by atoms with Crippen LogP contribution in [0.3, 0.4) is 0 Å². The van der Waals surface area contributed by atoms with E-state index in [2.05, 4.69) is 4.98 Å². The lowest BCUT2D eigenvalue weighted by molar-refractivity contribution is 0.147. The van der Waals surface area contributed by atoms with Gasteiger partial charge in [0.15, 0.2) is 0 Å². The first kappa shape index (κ1) is 12.3. The van der Waals surface area contributed by atoms with Crippen LogP contribution >= 0.6 is 11.6 Å². The van der Waals surface area contributed by atoms with Crippen LogP contribution < -0.4 is 5.14 Å². The lowest BCUT2D eigenvalue weighted by atomic mass is 10.2. The van der Waals surface area contributed by atoms with E-state index in [-0.39, 0.29) is 5.69 Å². The van der Waals surface area contributed by atoms with Crippen LogP contribution in [-0.2, 0) is 10.0 Å². The maximum Gasteiger partial charge on any atom is 0.265 e. The average molecular weight is 257 g/mol. The van der Waals surface area contributed by atoms with E-state index in [0.29, 0.717) is 0 Å². The highest BCUT2D eigenvalue weighted by molar-refractivity contribution is 7.89. The first-order valence-electron chi connectivity index (χ1n) is 3.71. The lowest BCUT2D eigenvalue weighted by Crippen LogP contribution is -2.16. The van der Waals surface area contributed by atoms with Crippen molar-refractivity contribution in [1.82, 2.24) is 4.98 Å². The van der Waals surface area contributed by atoms with Crippen LogP contribution in [0.4, 0.5) is 8.78 Å². The van der Waals surface area contributed by atoms with Gasteiger partial charge in [-0.3, -0.25) is 0 Å². The van der Waals surface area contributed by atoms with Gasteiger partial charge in [0.2, 0.25) is 10.0 Å². The number of sulfonamides is 1. The van der Waals surface area contributed by atoms with Crippen LogP contribution in [0.15, 0.2) is 11.0 Å². The minimum absolute atomic E-state index is 0.197. The molecule has 1 aromatic heterocycles. The Morgan fingerprint density at radius 3 is 2.47 bits per heavy atom. The average Bonchev–Trinajstić information content (AvgIpc) is 1.99. The molecule has 1 aromatic rings. The molecule has 15 heavy (non-hydrogen) atoms. The van der Waals surface area contributed by atoms with Crippen LogP contribution in [0.2, 0.25) is 5.15 Å². The Labute approximate surface area is 90.1 Å². The molecule has 4 nitrogen and oxygen atoms in total. The maximum absolute atomic E-state index is 12.5. The Morgan fingerprint density at radius 1 is 1.53 bits per heavy atom. The molecule has 1 heterocycles. The van der Waals surface area contributed by atoms with Crippen molar-refractivity contribution < 1.29 is 17.2 Å². The van der Waals surface area contributed by atoms with E-state index in [0.717, 1.165) is 6.07 Å². The summed E-state index contributed by atoms with van der Waals surface area (Å²) in [6.45, 7) is 1.42. The normalized spacial score (nSPS) is 12.1. The molecule has 0 aromatic carbocycles. The van der Waals surface area contributed by atoms with E-state index < -0.39 is 32.1 Å². The summed E-state index contributed by atoms with van der Waals surface area (Å²) < 4.78 is 47.0. The van der Waals surface area contributed by atoms with Crippen LogP contribution in [-0.4, -0.2) is 13.4 Å². The number of aryl methyl sites for hydroxylation is 1. The quantitative estimate of drug-likeness (QED) is 0.818. The highest BCUT2D eigenvalue weighted by Gasteiger charge is 2.25. The first-order chi connectivity index (χ1) is 6.73. The van der Waals surface area contributed by atoms with Crippen LogP contribution in [0.1, 0.15) is 17.7 Å². The van der Waals surface area contributed by atoms with Crippen molar-refractivity contribution in [3.63, 3.8) is 0 Å². The van der Waals surface area contributed by atoms with Crippen molar-refractivity contribution in [2.24, 2.45) is 5.14 Å². The van der Waals surface area contributed by atoms with Gasteiger partial charge >= 0.3 is 0 Å². The second kappa shape index (κ2) is 3.99. The summed E-state index contributed by atoms with van der Waals surface area (Å²) in [6.07, 6.45) is -2.97.